The van der Waals surface area contributed by atoms with E-state index in [0.717, 1.165) is 5.56 Å². The largest absolute Gasteiger partial charge is 0.306 e. The van der Waals surface area contributed by atoms with Gasteiger partial charge in [-0.3, -0.25) is 9.48 Å². The van der Waals surface area contributed by atoms with Gasteiger partial charge >= 0.3 is 0 Å². The van der Waals surface area contributed by atoms with E-state index >= 15 is 0 Å². The third-order valence-corrected chi connectivity index (χ3v) is 6.01. The SMILES string of the molecule is Cc1ccc(NC(=O)c2c(C)nn(C3CCS(=O)(=O)C3)c2C)nc1. The summed E-state index contributed by atoms with van der Waals surface area (Å²) < 4.78 is 25.1. The monoisotopic (exact) mass is 348 g/mol. The first-order valence-electron chi connectivity index (χ1n) is 7.77. The van der Waals surface area contributed by atoms with Crippen molar-refractivity contribution in [2.45, 2.75) is 33.2 Å². The Hall–Kier alpha value is -2.22. The zero-order chi connectivity index (χ0) is 17.5. The standard InChI is InChI=1S/C16H20N4O3S/c1-10-4-5-14(17-8-10)18-16(21)15-11(2)19-20(12(15)3)13-6-7-24(22,23)9-13/h4-5,8,13H,6-7,9H2,1-3H3,(H,17,18,21). The Labute approximate surface area is 141 Å². The van der Waals surface area contributed by atoms with Crippen molar-refractivity contribution in [3.05, 3.63) is 40.8 Å². The molecule has 0 aliphatic carbocycles. The average Bonchev–Trinajstić information content (AvgIpc) is 3.00. The zero-order valence-electron chi connectivity index (χ0n) is 13.9. The highest BCUT2D eigenvalue weighted by Crippen LogP contribution is 2.27. The topological polar surface area (TPSA) is 94.0 Å². The van der Waals surface area contributed by atoms with Crippen LogP contribution in [0.4, 0.5) is 5.82 Å². The van der Waals surface area contributed by atoms with Crippen LogP contribution in [-0.4, -0.2) is 40.6 Å². The summed E-state index contributed by atoms with van der Waals surface area (Å²) in [6.07, 6.45) is 2.22. The summed E-state index contributed by atoms with van der Waals surface area (Å²) in [6.45, 7) is 5.47. The van der Waals surface area contributed by atoms with E-state index in [9.17, 15) is 13.2 Å². The second-order valence-corrected chi connectivity index (χ2v) is 8.45. The molecule has 24 heavy (non-hydrogen) atoms. The lowest BCUT2D eigenvalue weighted by Gasteiger charge is -2.11. The molecule has 1 aliphatic rings. The third-order valence-electron chi connectivity index (χ3n) is 4.26. The number of aryl methyl sites for hydroxylation is 2. The molecule has 0 spiro atoms. The van der Waals surface area contributed by atoms with Gasteiger partial charge in [0.25, 0.3) is 5.91 Å². The molecular formula is C16H20N4O3S. The molecule has 0 radical (unpaired) electrons. The summed E-state index contributed by atoms with van der Waals surface area (Å²) in [5, 5.41) is 7.17. The van der Waals surface area contributed by atoms with Crippen LogP contribution in [0.2, 0.25) is 0 Å². The van der Waals surface area contributed by atoms with Crippen molar-refractivity contribution < 1.29 is 13.2 Å². The van der Waals surface area contributed by atoms with Crippen LogP contribution in [0, 0.1) is 20.8 Å². The molecule has 3 heterocycles. The summed E-state index contributed by atoms with van der Waals surface area (Å²) in [4.78, 5) is 16.7. The predicted octanol–water partition coefficient (Wildman–Crippen LogP) is 1.82. The van der Waals surface area contributed by atoms with E-state index in [2.05, 4.69) is 15.4 Å². The first kappa shape index (κ1) is 16.6. The summed E-state index contributed by atoms with van der Waals surface area (Å²) in [5.74, 6) is 0.439. The second kappa shape index (κ2) is 6.01. The van der Waals surface area contributed by atoms with Crippen LogP contribution < -0.4 is 5.32 Å². The van der Waals surface area contributed by atoms with Gasteiger partial charge in [-0.25, -0.2) is 13.4 Å². The van der Waals surface area contributed by atoms with Crippen molar-refractivity contribution in [3.63, 3.8) is 0 Å². The van der Waals surface area contributed by atoms with Gasteiger partial charge in [0, 0.05) is 11.9 Å². The van der Waals surface area contributed by atoms with E-state index in [0.29, 0.717) is 29.2 Å². The molecule has 1 amide bonds. The summed E-state index contributed by atoms with van der Waals surface area (Å²) in [7, 11) is -3.01. The van der Waals surface area contributed by atoms with Crippen molar-refractivity contribution in [1.82, 2.24) is 14.8 Å². The number of carbonyl (C=O) groups excluding carboxylic acids is 1. The number of hydrogen-bond donors (Lipinski definition) is 1. The summed E-state index contributed by atoms with van der Waals surface area (Å²) in [6, 6.07) is 3.41. The minimum atomic E-state index is -3.01. The molecule has 1 fully saturated rings. The smallest absolute Gasteiger partial charge is 0.260 e. The van der Waals surface area contributed by atoms with Crippen LogP contribution in [-0.2, 0) is 9.84 Å². The number of nitrogens with zero attached hydrogens (tertiary/aromatic N) is 3. The lowest BCUT2D eigenvalue weighted by atomic mass is 10.1. The van der Waals surface area contributed by atoms with Crippen LogP contribution in [0.3, 0.4) is 0 Å². The van der Waals surface area contributed by atoms with Crippen LogP contribution >= 0.6 is 0 Å². The molecule has 1 aliphatic heterocycles. The number of aromatic nitrogens is 3. The van der Waals surface area contributed by atoms with E-state index in [4.69, 9.17) is 0 Å². The molecule has 1 atom stereocenters. The van der Waals surface area contributed by atoms with Gasteiger partial charge < -0.3 is 5.32 Å². The maximum atomic E-state index is 12.6. The van der Waals surface area contributed by atoms with E-state index in [-0.39, 0.29) is 23.5 Å². The number of pyridine rings is 1. The van der Waals surface area contributed by atoms with E-state index in [1.165, 1.54) is 0 Å². The molecule has 1 N–H and O–H groups in total. The lowest BCUT2D eigenvalue weighted by molar-refractivity contribution is 0.102. The van der Waals surface area contributed by atoms with E-state index < -0.39 is 9.84 Å². The van der Waals surface area contributed by atoms with E-state index in [1.807, 2.05) is 13.0 Å². The number of rotatable bonds is 3. The van der Waals surface area contributed by atoms with Gasteiger partial charge in [0.05, 0.1) is 28.8 Å². The van der Waals surface area contributed by atoms with Crippen molar-refractivity contribution in [1.29, 1.82) is 0 Å². The molecule has 1 unspecified atom stereocenters. The molecule has 3 rings (SSSR count). The molecule has 0 saturated carbocycles. The second-order valence-electron chi connectivity index (χ2n) is 6.22. The summed E-state index contributed by atoms with van der Waals surface area (Å²) in [5.41, 5.74) is 2.75. The Balaban J connectivity index is 1.86. The quantitative estimate of drug-likeness (QED) is 0.913. The maximum absolute atomic E-state index is 12.6. The first-order valence-corrected chi connectivity index (χ1v) is 9.59. The van der Waals surface area contributed by atoms with E-state index in [1.54, 1.807) is 30.8 Å². The van der Waals surface area contributed by atoms with Crippen molar-refractivity contribution in [2.75, 3.05) is 16.8 Å². The third kappa shape index (κ3) is 3.19. The minimum Gasteiger partial charge on any atom is -0.306 e. The Morgan fingerprint density at radius 2 is 2.04 bits per heavy atom. The molecule has 128 valence electrons. The van der Waals surface area contributed by atoms with Crippen molar-refractivity contribution in [3.8, 4) is 0 Å². The number of anilines is 1. The highest BCUT2D eigenvalue weighted by atomic mass is 32.2. The number of sulfone groups is 1. The highest BCUT2D eigenvalue weighted by Gasteiger charge is 2.32. The van der Waals surface area contributed by atoms with Gasteiger partial charge in [-0.15, -0.1) is 0 Å². The molecule has 2 aromatic rings. The number of hydrogen-bond acceptors (Lipinski definition) is 5. The molecular weight excluding hydrogens is 328 g/mol. The van der Waals surface area contributed by atoms with Gasteiger partial charge in [0.1, 0.15) is 5.82 Å². The van der Waals surface area contributed by atoms with Crippen molar-refractivity contribution in [2.24, 2.45) is 0 Å². The fourth-order valence-electron chi connectivity index (χ4n) is 3.04. The number of amides is 1. The molecule has 8 heteroatoms. The van der Waals surface area contributed by atoms with Gasteiger partial charge in [0.15, 0.2) is 9.84 Å². The Kier molecular flexibility index (Phi) is 4.16. The Bertz CT molecular complexity index is 885. The fraction of sp³-hybridized carbons (Fsp3) is 0.438. The van der Waals surface area contributed by atoms with Gasteiger partial charge in [-0.1, -0.05) is 6.07 Å². The summed E-state index contributed by atoms with van der Waals surface area (Å²) >= 11 is 0. The number of carbonyl (C=O) groups is 1. The number of nitrogens with one attached hydrogen (secondary N) is 1. The van der Waals surface area contributed by atoms with Crippen LogP contribution in [0.1, 0.15) is 39.8 Å². The van der Waals surface area contributed by atoms with Crippen molar-refractivity contribution >= 4 is 21.6 Å². The van der Waals surface area contributed by atoms with Crippen LogP contribution in [0.5, 0.6) is 0 Å². The van der Waals surface area contributed by atoms with Gasteiger partial charge in [-0.05, 0) is 38.8 Å². The van der Waals surface area contributed by atoms with Crippen LogP contribution in [0.15, 0.2) is 18.3 Å². The Morgan fingerprint density at radius 3 is 2.62 bits per heavy atom. The molecule has 1 saturated heterocycles. The predicted molar refractivity (Wildman–Crippen MR) is 90.9 cm³/mol. The average molecular weight is 348 g/mol. The highest BCUT2D eigenvalue weighted by molar-refractivity contribution is 7.91. The normalized spacial score (nSPS) is 19.4. The zero-order valence-corrected chi connectivity index (χ0v) is 14.7. The maximum Gasteiger partial charge on any atom is 0.260 e. The minimum absolute atomic E-state index is 0.0789. The van der Waals surface area contributed by atoms with Gasteiger partial charge in [-0.2, -0.15) is 5.10 Å². The van der Waals surface area contributed by atoms with Crippen LogP contribution in [0.25, 0.3) is 0 Å². The molecule has 0 bridgehead atoms. The molecule has 2 aromatic heterocycles. The lowest BCUT2D eigenvalue weighted by Crippen LogP contribution is -2.17. The fourth-order valence-corrected chi connectivity index (χ4v) is 4.73. The first-order chi connectivity index (χ1) is 11.3. The molecule has 0 aromatic carbocycles. The Morgan fingerprint density at radius 1 is 1.29 bits per heavy atom. The molecule has 7 nitrogen and oxygen atoms in total. The van der Waals surface area contributed by atoms with Gasteiger partial charge in [0.2, 0.25) is 0 Å².